The van der Waals surface area contributed by atoms with Crippen molar-refractivity contribution in [2.75, 3.05) is 0 Å². The molecule has 0 aliphatic carbocycles. The second kappa shape index (κ2) is 4.46. The maximum absolute atomic E-state index is 9.29. The lowest BCUT2D eigenvalue weighted by Gasteiger charge is -2.03. The van der Waals surface area contributed by atoms with E-state index in [2.05, 4.69) is 9.97 Å². The summed E-state index contributed by atoms with van der Waals surface area (Å²) in [7, 11) is 0. The van der Waals surface area contributed by atoms with Gasteiger partial charge in [-0.25, -0.2) is 9.97 Å². The van der Waals surface area contributed by atoms with Crippen molar-refractivity contribution in [1.29, 1.82) is 0 Å². The Kier molecular flexibility index (Phi) is 3.03. The Morgan fingerprint density at radius 2 is 2.27 bits per heavy atom. The van der Waals surface area contributed by atoms with Gasteiger partial charge in [-0.1, -0.05) is 6.07 Å². The molecule has 0 saturated heterocycles. The fourth-order valence-corrected chi connectivity index (χ4v) is 1.69. The zero-order valence-corrected chi connectivity index (χ0v) is 8.94. The van der Waals surface area contributed by atoms with Gasteiger partial charge in [-0.15, -0.1) is 0 Å². The zero-order valence-electron chi connectivity index (χ0n) is 8.12. The van der Waals surface area contributed by atoms with Crippen molar-refractivity contribution in [1.82, 2.24) is 9.97 Å². The minimum Gasteiger partial charge on any atom is -0.440 e. The van der Waals surface area contributed by atoms with Crippen LogP contribution in [-0.4, -0.2) is 15.1 Å². The third-order valence-electron chi connectivity index (χ3n) is 1.84. The Bertz CT molecular complexity index is 411. The van der Waals surface area contributed by atoms with Crippen LogP contribution in [0.3, 0.4) is 0 Å². The third kappa shape index (κ3) is 2.57. The van der Waals surface area contributed by atoms with Crippen LogP contribution in [0.25, 0.3) is 0 Å². The van der Waals surface area contributed by atoms with Crippen LogP contribution >= 0.6 is 11.8 Å². The summed E-state index contributed by atoms with van der Waals surface area (Å²) in [5.74, 6) is 0. The summed E-state index contributed by atoms with van der Waals surface area (Å²) < 4.78 is 5.08. The Morgan fingerprint density at radius 1 is 1.40 bits per heavy atom. The molecule has 0 saturated carbocycles. The number of pyridine rings is 1. The summed E-state index contributed by atoms with van der Waals surface area (Å²) in [6.45, 7) is 1.71. The maximum atomic E-state index is 9.29. The molecule has 0 spiro atoms. The van der Waals surface area contributed by atoms with Crippen LogP contribution in [0.5, 0.6) is 0 Å². The van der Waals surface area contributed by atoms with Crippen molar-refractivity contribution in [3.05, 3.63) is 36.4 Å². The van der Waals surface area contributed by atoms with Gasteiger partial charge >= 0.3 is 0 Å². The number of aliphatic hydroxyl groups is 1. The number of hydrogen-bond acceptors (Lipinski definition) is 5. The lowest BCUT2D eigenvalue weighted by Crippen LogP contribution is -1.91. The van der Waals surface area contributed by atoms with Gasteiger partial charge in [0.1, 0.15) is 11.3 Å². The maximum Gasteiger partial charge on any atom is 0.261 e. The molecule has 0 fully saturated rings. The monoisotopic (exact) mass is 222 g/mol. The molecule has 4 nitrogen and oxygen atoms in total. The van der Waals surface area contributed by atoms with Crippen LogP contribution in [0.1, 0.15) is 18.6 Å². The summed E-state index contributed by atoms with van der Waals surface area (Å²) in [5.41, 5.74) is 0.798. The average Bonchev–Trinajstić information content (AvgIpc) is 2.71. The molecule has 5 heteroatoms. The summed E-state index contributed by atoms with van der Waals surface area (Å²) in [6, 6.07) is 3.67. The average molecular weight is 222 g/mol. The van der Waals surface area contributed by atoms with Gasteiger partial charge in [-0.05, 0) is 30.3 Å². The van der Waals surface area contributed by atoms with E-state index in [0.29, 0.717) is 5.22 Å². The van der Waals surface area contributed by atoms with Crippen LogP contribution in [0.4, 0.5) is 0 Å². The molecule has 1 N–H and O–H groups in total. The van der Waals surface area contributed by atoms with E-state index in [1.165, 1.54) is 18.0 Å². The topological polar surface area (TPSA) is 59.2 Å². The van der Waals surface area contributed by atoms with Crippen molar-refractivity contribution in [2.24, 2.45) is 0 Å². The second-order valence-corrected chi connectivity index (χ2v) is 3.98. The first-order valence-corrected chi connectivity index (χ1v) is 5.29. The van der Waals surface area contributed by atoms with Gasteiger partial charge < -0.3 is 9.52 Å². The number of oxazole rings is 1. The first kappa shape index (κ1) is 10.2. The largest absolute Gasteiger partial charge is 0.440 e. The van der Waals surface area contributed by atoms with E-state index in [1.54, 1.807) is 19.3 Å². The predicted molar refractivity (Wildman–Crippen MR) is 55.5 cm³/mol. The molecule has 78 valence electrons. The fraction of sp³-hybridized carbons (Fsp3) is 0.200. The molecule has 0 aliphatic heterocycles. The van der Waals surface area contributed by atoms with Crippen LogP contribution in [-0.2, 0) is 0 Å². The number of nitrogens with zero attached hydrogens (tertiary/aromatic N) is 2. The van der Waals surface area contributed by atoms with Gasteiger partial charge in [0.2, 0.25) is 0 Å². The van der Waals surface area contributed by atoms with Crippen molar-refractivity contribution >= 4 is 11.8 Å². The van der Waals surface area contributed by atoms with E-state index in [9.17, 15) is 5.11 Å². The third-order valence-corrected chi connectivity index (χ3v) is 2.67. The summed E-state index contributed by atoms with van der Waals surface area (Å²) in [5, 5.41) is 10.6. The molecule has 0 radical (unpaired) electrons. The van der Waals surface area contributed by atoms with Gasteiger partial charge in [0.05, 0.1) is 12.3 Å². The highest BCUT2D eigenvalue weighted by Crippen LogP contribution is 2.24. The van der Waals surface area contributed by atoms with E-state index in [4.69, 9.17) is 4.42 Å². The molecular formula is C10H10N2O2S. The molecule has 2 rings (SSSR count). The smallest absolute Gasteiger partial charge is 0.261 e. The number of aromatic nitrogens is 2. The summed E-state index contributed by atoms with van der Waals surface area (Å²) >= 11 is 1.34. The summed E-state index contributed by atoms with van der Waals surface area (Å²) in [6.07, 6.45) is 4.27. The van der Waals surface area contributed by atoms with E-state index in [1.807, 2.05) is 12.1 Å². The van der Waals surface area contributed by atoms with Crippen molar-refractivity contribution in [3.8, 4) is 0 Å². The lowest BCUT2D eigenvalue weighted by atomic mass is 10.2. The quantitative estimate of drug-likeness (QED) is 0.863. The molecule has 0 amide bonds. The Hall–Kier alpha value is -1.33. The van der Waals surface area contributed by atoms with Crippen molar-refractivity contribution in [2.45, 2.75) is 23.3 Å². The van der Waals surface area contributed by atoms with E-state index in [-0.39, 0.29) is 0 Å². The minimum atomic E-state index is -0.488. The second-order valence-electron chi connectivity index (χ2n) is 3.01. The molecular weight excluding hydrogens is 212 g/mol. The van der Waals surface area contributed by atoms with Gasteiger partial charge in [0.25, 0.3) is 5.22 Å². The van der Waals surface area contributed by atoms with E-state index >= 15 is 0 Å². The lowest BCUT2D eigenvalue weighted by molar-refractivity contribution is 0.198. The van der Waals surface area contributed by atoms with E-state index < -0.39 is 6.10 Å². The molecule has 0 unspecified atom stereocenters. The molecule has 1 atom stereocenters. The van der Waals surface area contributed by atoms with Gasteiger partial charge in [-0.2, -0.15) is 0 Å². The van der Waals surface area contributed by atoms with Gasteiger partial charge in [-0.3, -0.25) is 0 Å². The predicted octanol–water partition coefficient (Wildman–Crippen LogP) is 2.27. The van der Waals surface area contributed by atoms with Crippen LogP contribution < -0.4 is 0 Å². The minimum absolute atomic E-state index is 0.488. The Labute approximate surface area is 91.4 Å². The highest BCUT2D eigenvalue weighted by molar-refractivity contribution is 7.99. The number of aliphatic hydroxyl groups excluding tert-OH is 1. The normalized spacial score (nSPS) is 12.7. The number of hydrogen-bond donors (Lipinski definition) is 1. The highest BCUT2D eigenvalue weighted by Gasteiger charge is 2.04. The van der Waals surface area contributed by atoms with E-state index in [0.717, 1.165) is 10.6 Å². The Balaban J connectivity index is 2.11. The molecule has 0 bridgehead atoms. The molecule has 0 aromatic carbocycles. The van der Waals surface area contributed by atoms with Crippen molar-refractivity contribution < 1.29 is 9.52 Å². The number of rotatable bonds is 3. The van der Waals surface area contributed by atoms with Gasteiger partial charge in [0.15, 0.2) is 0 Å². The van der Waals surface area contributed by atoms with Crippen LogP contribution in [0.15, 0.2) is 45.5 Å². The molecule has 0 aliphatic rings. The first-order valence-electron chi connectivity index (χ1n) is 4.47. The molecule has 2 aromatic rings. The van der Waals surface area contributed by atoms with Crippen LogP contribution in [0.2, 0.25) is 0 Å². The molecule has 2 aromatic heterocycles. The standard InChI is InChI=1S/C10H10N2O2S/c1-7(13)8-2-3-9(12-6-8)15-10-11-4-5-14-10/h2-7,13H,1H3/t7-/m1/s1. The summed E-state index contributed by atoms with van der Waals surface area (Å²) in [4.78, 5) is 8.15. The Morgan fingerprint density at radius 3 is 2.80 bits per heavy atom. The SMILES string of the molecule is C[C@@H](O)c1ccc(Sc2ncco2)nc1. The first-order chi connectivity index (χ1) is 7.25. The fourth-order valence-electron chi connectivity index (χ4n) is 1.05. The highest BCUT2D eigenvalue weighted by atomic mass is 32.2. The zero-order chi connectivity index (χ0) is 10.7. The van der Waals surface area contributed by atoms with Crippen LogP contribution in [0, 0.1) is 0 Å². The molecule has 15 heavy (non-hydrogen) atoms. The van der Waals surface area contributed by atoms with Gasteiger partial charge in [0, 0.05) is 6.20 Å². The van der Waals surface area contributed by atoms with Crippen molar-refractivity contribution in [3.63, 3.8) is 0 Å². The molecule has 2 heterocycles.